The van der Waals surface area contributed by atoms with Crippen LogP contribution in [0.3, 0.4) is 0 Å². The van der Waals surface area contributed by atoms with Crippen LogP contribution in [0.4, 0.5) is 0 Å². The molecule has 1 heterocycles. The lowest BCUT2D eigenvalue weighted by Gasteiger charge is -2.15. The highest BCUT2D eigenvalue weighted by Gasteiger charge is 2.11. The van der Waals surface area contributed by atoms with Crippen molar-refractivity contribution in [2.45, 2.75) is 33.7 Å². The van der Waals surface area contributed by atoms with Crippen LogP contribution in [-0.2, 0) is 6.54 Å². The molecule has 4 heteroatoms. The van der Waals surface area contributed by atoms with Crippen LogP contribution in [0.25, 0.3) is 0 Å². The summed E-state index contributed by atoms with van der Waals surface area (Å²) in [5, 5.41) is 2.83. The van der Waals surface area contributed by atoms with Gasteiger partial charge in [-0.3, -0.25) is 9.69 Å². The van der Waals surface area contributed by atoms with Gasteiger partial charge in [0.2, 0.25) is 0 Å². The fourth-order valence-electron chi connectivity index (χ4n) is 1.78. The molecule has 0 aliphatic rings. The third kappa shape index (κ3) is 5.30. The van der Waals surface area contributed by atoms with Crippen LogP contribution in [0.15, 0.2) is 28.7 Å². The lowest BCUT2D eigenvalue weighted by molar-refractivity contribution is 0.0923. The molecule has 1 amide bonds. The molecule has 0 bridgehead atoms. The first-order valence-corrected chi connectivity index (χ1v) is 6.91. The zero-order chi connectivity index (χ0) is 14.1. The van der Waals surface area contributed by atoms with Crippen molar-refractivity contribution in [1.29, 1.82) is 0 Å². The Bertz CT molecular complexity index is 406. The predicted octanol–water partition coefficient (Wildman–Crippen LogP) is 2.82. The van der Waals surface area contributed by atoms with Gasteiger partial charge in [0.05, 0.1) is 6.54 Å². The van der Waals surface area contributed by atoms with Crippen molar-refractivity contribution in [3.8, 4) is 0 Å². The number of hydrogen-bond acceptors (Lipinski definition) is 3. The van der Waals surface area contributed by atoms with Crippen LogP contribution >= 0.6 is 0 Å². The molecule has 0 unspecified atom stereocenters. The molecule has 0 radical (unpaired) electrons. The molecule has 0 atom stereocenters. The fraction of sp³-hybridized carbons (Fsp3) is 0.533. The first-order chi connectivity index (χ1) is 9.21. The van der Waals surface area contributed by atoms with E-state index < -0.39 is 0 Å². The van der Waals surface area contributed by atoms with Crippen molar-refractivity contribution in [3.63, 3.8) is 0 Å². The van der Waals surface area contributed by atoms with E-state index >= 15 is 0 Å². The van der Waals surface area contributed by atoms with Crippen LogP contribution in [0, 0.1) is 0 Å². The van der Waals surface area contributed by atoms with Crippen molar-refractivity contribution < 1.29 is 9.21 Å². The Hall–Kier alpha value is -1.55. The zero-order valence-corrected chi connectivity index (χ0v) is 12.1. The normalized spacial score (nSPS) is 11.4. The molecule has 1 rings (SSSR count). The maximum absolute atomic E-state index is 11.8. The van der Waals surface area contributed by atoms with E-state index in [1.807, 2.05) is 25.1 Å². The SMILES string of the molecule is C/C=C/CCNC(=O)c1ccc(CN(CC)CC)o1. The molecule has 0 saturated carbocycles. The minimum Gasteiger partial charge on any atom is -0.455 e. The molecule has 0 aliphatic heterocycles. The Morgan fingerprint density at radius 1 is 1.37 bits per heavy atom. The number of hydrogen-bond donors (Lipinski definition) is 1. The second-order valence-corrected chi connectivity index (χ2v) is 4.34. The second kappa shape index (κ2) is 8.53. The Morgan fingerprint density at radius 2 is 2.11 bits per heavy atom. The largest absolute Gasteiger partial charge is 0.455 e. The smallest absolute Gasteiger partial charge is 0.287 e. The monoisotopic (exact) mass is 264 g/mol. The van der Waals surface area contributed by atoms with Gasteiger partial charge >= 0.3 is 0 Å². The van der Waals surface area contributed by atoms with Crippen LogP contribution in [0.5, 0.6) is 0 Å². The Labute approximate surface area is 115 Å². The molecular formula is C15H24N2O2. The lowest BCUT2D eigenvalue weighted by atomic mass is 10.3. The molecule has 1 aromatic rings. The molecular weight excluding hydrogens is 240 g/mol. The van der Waals surface area contributed by atoms with Crippen LogP contribution in [0.2, 0.25) is 0 Å². The molecule has 19 heavy (non-hydrogen) atoms. The van der Waals surface area contributed by atoms with Gasteiger partial charge in [0.15, 0.2) is 5.76 Å². The van der Waals surface area contributed by atoms with Crippen LogP contribution in [0.1, 0.15) is 43.5 Å². The molecule has 0 aliphatic carbocycles. The third-order valence-corrected chi connectivity index (χ3v) is 2.99. The second-order valence-electron chi connectivity index (χ2n) is 4.34. The molecule has 0 spiro atoms. The van der Waals surface area contributed by atoms with Crippen molar-refractivity contribution in [2.75, 3.05) is 19.6 Å². The summed E-state index contributed by atoms with van der Waals surface area (Å²) >= 11 is 0. The summed E-state index contributed by atoms with van der Waals surface area (Å²) in [5.41, 5.74) is 0. The Kier molecular flexibility index (Phi) is 6.97. The number of amides is 1. The number of furan rings is 1. The molecule has 0 fully saturated rings. The summed E-state index contributed by atoms with van der Waals surface area (Å²) in [6.07, 6.45) is 4.84. The average molecular weight is 264 g/mol. The maximum atomic E-state index is 11.8. The number of carbonyl (C=O) groups is 1. The topological polar surface area (TPSA) is 45.5 Å². The van der Waals surface area contributed by atoms with E-state index in [4.69, 9.17) is 4.42 Å². The standard InChI is InChI=1S/C15H24N2O2/c1-4-7-8-11-16-15(18)14-10-9-13(19-14)12-17(5-2)6-3/h4,7,9-10H,5-6,8,11-12H2,1-3H3,(H,16,18)/b7-4+. The molecule has 1 N–H and O–H groups in total. The summed E-state index contributed by atoms with van der Waals surface area (Å²) in [7, 11) is 0. The molecule has 0 aromatic carbocycles. The highest BCUT2D eigenvalue weighted by Crippen LogP contribution is 2.10. The Morgan fingerprint density at radius 3 is 2.74 bits per heavy atom. The minimum atomic E-state index is -0.143. The molecule has 4 nitrogen and oxygen atoms in total. The summed E-state index contributed by atoms with van der Waals surface area (Å²) < 4.78 is 5.56. The van der Waals surface area contributed by atoms with Crippen molar-refractivity contribution in [2.24, 2.45) is 0 Å². The highest BCUT2D eigenvalue weighted by molar-refractivity contribution is 5.91. The number of nitrogens with one attached hydrogen (secondary N) is 1. The van der Waals surface area contributed by atoms with E-state index in [0.717, 1.165) is 31.8 Å². The van der Waals surface area contributed by atoms with Gasteiger partial charge in [-0.1, -0.05) is 26.0 Å². The summed E-state index contributed by atoms with van der Waals surface area (Å²) in [6, 6.07) is 3.61. The Balaban J connectivity index is 2.46. The van der Waals surface area contributed by atoms with Crippen LogP contribution in [-0.4, -0.2) is 30.4 Å². The first kappa shape index (κ1) is 15.5. The number of nitrogens with zero attached hydrogens (tertiary/aromatic N) is 1. The number of carbonyl (C=O) groups excluding carboxylic acids is 1. The summed E-state index contributed by atoms with van der Waals surface area (Å²) in [6.45, 7) is 9.52. The lowest BCUT2D eigenvalue weighted by Crippen LogP contribution is -2.24. The third-order valence-electron chi connectivity index (χ3n) is 2.99. The first-order valence-electron chi connectivity index (χ1n) is 6.91. The number of rotatable bonds is 8. The average Bonchev–Trinajstić information content (AvgIpc) is 2.89. The maximum Gasteiger partial charge on any atom is 0.287 e. The van der Waals surface area contributed by atoms with E-state index in [0.29, 0.717) is 12.3 Å². The van der Waals surface area contributed by atoms with Gasteiger partial charge in [0.25, 0.3) is 5.91 Å². The van der Waals surface area contributed by atoms with Crippen molar-refractivity contribution in [3.05, 3.63) is 35.8 Å². The van der Waals surface area contributed by atoms with E-state index in [1.165, 1.54) is 0 Å². The van der Waals surface area contributed by atoms with Gasteiger partial charge in [-0.2, -0.15) is 0 Å². The fourth-order valence-corrected chi connectivity index (χ4v) is 1.78. The van der Waals surface area contributed by atoms with E-state index in [1.54, 1.807) is 6.07 Å². The highest BCUT2D eigenvalue weighted by atomic mass is 16.4. The van der Waals surface area contributed by atoms with Gasteiger partial charge in [0.1, 0.15) is 5.76 Å². The van der Waals surface area contributed by atoms with E-state index in [9.17, 15) is 4.79 Å². The van der Waals surface area contributed by atoms with Gasteiger partial charge in [-0.15, -0.1) is 0 Å². The quantitative estimate of drug-likeness (QED) is 0.580. The van der Waals surface area contributed by atoms with E-state index in [-0.39, 0.29) is 5.91 Å². The predicted molar refractivity (Wildman–Crippen MR) is 77.1 cm³/mol. The van der Waals surface area contributed by atoms with Gasteiger partial charge < -0.3 is 9.73 Å². The van der Waals surface area contributed by atoms with Gasteiger partial charge in [-0.05, 0) is 38.6 Å². The van der Waals surface area contributed by atoms with Crippen LogP contribution < -0.4 is 5.32 Å². The summed E-state index contributed by atoms with van der Waals surface area (Å²) in [4.78, 5) is 14.0. The summed E-state index contributed by atoms with van der Waals surface area (Å²) in [5.74, 6) is 1.08. The number of allylic oxidation sites excluding steroid dienone is 1. The van der Waals surface area contributed by atoms with Gasteiger partial charge in [0, 0.05) is 6.54 Å². The minimum absolute atomic E-state index is 0.143. The van der Waals surface area contributed by atoms with Crippen molar-refractivity contribution >= 4 is 5.91 Å². The molecule has 106 valence electrons. The van der Waals surface area contributed by atoms with Crippen molar-refractivity contribution in [1.82, 2.24) is 10.2 Å². The molecule has 0 saturated heterocycles. The zero-order valence-electron chi connectivity index (χ0n) is 12.1. The van der Waals surface area contributed by atoms with E-state index in [2.05, 4.69) is 24.1 Å². The van der Waals surface area contributed by atoms with Gasteiger partial charge in [-0.25, -0.2) is 0 Å². The molecule has 1 aromatic heterocycles.